The molecule has 1 nitrogen and oxygen atoms in total. The van der Waals surface area contributed by atoms with Crippen LogP contribution in [0.4, 0.5) is 0 Å². The third kappa shape index (κ3) is 1.67. The molecule has 1 radical (unpaired) electrons. The van der Waals surface area contributed by atoms with Gasteiger partial charge in [-0.25, -0.2) is 0 Å². The quantitative estimate of drug-likeness (QED) is 0.691. The lowest BCUT2D eigenvalue weighted by Gasteiger charge is -2.10. The summed E-state index contributed by atoms with van der Waals surface area (Å²) >= 11 is 0. The highest BCUT2D eigenvalue weighted by Gasteiger charge is 2.03. The SMILES string of the molecule is CCC(C)Cn1ccc2c[c]ccc21. The summed E-state index contributed by atoms with van der Waals surface area (Å²) in [5, 5.41) is 1.29. The lowest BCUT2D eigenvalue weighted by Crippen LogP contribution is -2.04. The van der Waals surface area contributed by atoms with Crippen molar-refractivity contribution in [1.82, 2.24) is 4.57 Å². The molecule has 73 valence electrons. The standard InChI is InChI=1S/C13H16N/c1-3-11(2)10-14-9-8-12-6-4-5-7-13(12)14/h5-9,11H,3,10H2,1-2H3. The Labute approximate surface area is 85.4 Å². The van der Waals surface area contributed by atoms with Gasteiger partial charge in [0.05, 0.1) is 0 Å². The van der Waals surface area contributed by atoms with Crippen LogP contribution in [-0.2, 0) is 6.54 Å². The average molecular weight is 186 g/mol. The predicted molar refractivity (Wildman–Crippen MR) is 60.2 cm³/mol. The van der Waals surface area contributed by atoms with Gasteiger partial charge in [-0.3, -0.25) is 0 Å². The Kier molecular flexibility index (Phi) is 2.58. The van der Waals surface area contributed by atoms with Gasteiger partial charge in [-0.05, 0) is 30.2 Å². The van der Waals surface area contributed by atoms with Gasteiger partial charge in [0.2, 0.25) is 0 Å². The van der Waals surface area contributed by atoms with Crippen LogP contribution in [0.1, 0.15) is 20.3 Å². The summed E-state index contributed by atoms with van der Waals surface area (Å²) in [5.74, 6) is 0.745. The molecule has 0 saturated carbocycles. The molecule has 0 N–H and O–H groups in total. The van der Waals surface area contributed by atoms with E-state index in [-0.39, 0.29) is 0 Å². The van der Waals surface area contributed by atoms with E-state index in [1.54, 1.807) is 0 Å². The molecule has 0 saturated heterocycles. The summed E-state index contributed by atoms with van der Waals surface area (Å²) in [5.41, 5.74) is 1.32. The zero-order valence-corrected chi connectivity index (χ0v) is 8.83. The first kappa shape index (κ1) is 9.32. The van der Waals surface area contributed by atoms with Gasteiger partial charge in [-0.2, -0.15) is 0 Å². The topological polar surface area (TPSA) is 4.93 Å². The second kappa shape index (κ2) is 3.87. The lowest BCUT2D eigenvalue weighted by molar-refractivity contribution is 0.477. The Balaban J connectivity index is 2.33. The van der Waals surface area contributed by atoms with Crippen molar-refractivity contribution in [2.24, 2.45) is 5.92 Å². The predicted octanol–water partition coefficient (Wildman–Crippen LogP) is 3.49. The summed E-state index contributed by atoms with van der Waals surface area (Å²) in [6.45, 7) is 5.65. The molecule has 14 heavy (non-hydrogen) atoms. The molecule has 1 unspecified atom stereocenters. The molecule has 0 aliphatic carbocycles. The van der Waals surface area contributed by atoms with Crippen molar-refractivity contribution in [3.05, 3.63) is 36.5 Å². The molecule has 0 bridgehead atoms. The zero-order chi connectivity index (χ0) is 9.97. The van der Waals surface area contributed by atoms with Gasteiger partial charge in [-0.1, -0.05) is 26.3 Å². The Morgan fingerprint density at radius 2 is 2.29 bits per heavy atom. The minimum Gasteiger partial charge on any atom is -0.347 e. The smallest absolute Gasteiger partial charge is 0.0480 e. The van der Waals surface area contributed by atoms with Crippen molar-refractivity contribution >= 4 is 10.9 Å². The van der Waals surface area contributed by atoms with Crippen LogP contribution in [0.15, 0.2) is 30.5 Å². The van der Waals surface area contributed by atoms with Crippen LogP contribution in [-0.4, -0.2) is 4.57 Å². The van der Waals surface area contributed by atoms with Crippen LogP contribution in [0.3, 0.4) is 0 Å². The third-order valence-corrected chi connectivity index (χ3v) is 2.82. The maximum Gasteiger partial charge on any atom is 0.0480 e. The highest BCUT2D eigenvalue weighted by Crippen LogP contribution is 2.17. The van der Waals surface area contributed by atoms with E-state index in [1.807, 2.05) is 12.1 Å². The Morgan fingerprint density at radius 1 is 1.43 bits per heavy atom. The maximum absolute atomic E-state index is 3.10. The first-order chi connectivity index (χ1) is 6.81. The molecule has 1 aromatic heterocycles. The molecule has 0 aliphatic rings. The van der Waals surface area contributed by atoms with Gasteiger partial charge >= 0.3 is 0 Å². The van der Waals surface area contributed by atoms with E-state index in [9.17, 15) is 0 Å². The molecule has 1 heteroatoms. The van der Waals surface area contributed by atoms with Crippen LogP contribution in [0, 0.1) is 12.0 Å². The average Bonchev–Trinajstić information content (AvgIpc) is 2.62. The first-order valence-electron chi connectivity index (χ1n) is 5.26. The van der Waals surface area contributed by atoms with Gasteiger partial charge in [-0.15, -0.1) is 0 Å². The molecule has 0 amide bonds. The monoisotopic (exact) mass is 186 g/mol. The van der Waals surface area contributed by atoms with E-state index >= 15 is 0 Å². The second-order valence-corrected chi connectivity index (χ2v) is 3.97. The summed E-state index contributed by atoms with van der Waals surface area (Å²) in [4.78, 5) is 0. The molecule has 0 spiro atoms. The largest absolute Gasteiger partial charge is 0.347 e. The third-order valence-electron chi connectivity index (χ3n) is 2.82. The minimum absolute atomic E-state index is 0.745. The van der Waals surface area contributed by atoms with Gasteiger partial charge in [0.25, 0.3) is 0 Å². The van der Waals surface area contributed by atoms with Crippen LogP contribution in [0.25, 0.3) is 10.9 Å². The van der Waals surface area contributed by atoms with Crippen molar-refractivity contribution < 1.29 is 0 Å². The van der Waals surface area contributed by atoms with E-state index in [4.69, 9.17) is 0 Å². The van der Waals surface area contributed by atoms with E-state index in [0.717, 1.165) is 12.5 Å². The van der Waals surface area contributed by atoms with E-state index in [2.05, 4.69) is 42.8 Å². The Hall–Kier alpha value is -1.24. The van der Waals surface area contributed by atoms with Crippen molar-refractivity contribution in [1.29, 1.82) is 0 Å². The van der Waals surface area contributed by atoms with Crippen LogP contribution in [0.5, 0.6) is 0 Å². The number of rotatable bonds is 3. The lowest BCUT2D eigenvalue weighted by atomic mass is 10.1. The highest BCUT2D eigenvalue weighted by molar-refractivity contribution is 5.79. The van der Waals surface area contributed by atoms with E-state index in [0.29, 0.717) is 0 Å². The number of hydrogen-bond acceptors (Lipinski definition) is 0. The number of benzene rings is 1. The summed E-state index contributed by atoms with van der Waals surface area (Å²) in [7, 11) is 0. The van der Waals surface area contributed by atoms with E-state index < -0.39 is 0 Å². The summed E-state index contributed by atoms with van der Waals surface area (Å²) < 4.78 is 2.33. The Morgan fingerprint density at radius 3 is 3.07 bits per heavy atom. The molecular formula is C13H16N. The fraction of sp³-hybridized carbons (Fsp3) is 0.385. The first-order valence-corrected chi connectivity index (χ1v) is 5.26. The fourth-order valence-corrected chi connectivity index (χ4v) is 1.70. The van der Waals surface area contributed by atoms with Gasteiger partial charge in [0.15, 0.2) is 0 Å². The van der Waals surface area contributed by atoms with Gasteiger partial charge < -0.3 is 4.57 Å². The van der Waals surface area contributed by atoms with E-state index in [1.165, 1.54) is 17.3 Å². The summed E-state index contributed by atoms with van der Waals surface area (Å²) in [6, 6.07) is 11.4. The fourth-order valence-electron chi connectivity index (χ4n) is 1.70. The number of hydrogen-bond donors (Lipinski definition) is 0. The van der Waals surface area contributed by atoms with Crippen molar-refractivity contribution in [2.45, 2.75) is 26.8 Å². The normalized spacial score (nSPS) is 13.3. The maximum atomic E-state index is 3.10. The Bertz CT molecular complexity index is 414. The molecule has 0 aliphatic heterocycles. The molecule has 2 rings (SSSR count). The van der Waals surface area contributed by atoms with Crippen LogP contribution < -0.4 is 0 Å². The molecular weight excluding hydrogens is 170 g/mol. The molecule has 1 heterocycles. The number of fused-ring (bicyclic) bond motifs is 1. The summed E-state index contributed by atoms with van der Waals surface area (Å²) in [6.07, 6.45) is 3.41. The highest BCUT2D eigenvalue weighted by atomic mass is 15.0. The van der Waals surface area contributed by atoms with Gasteiger partial charge in [0.1, 0.15) is 0 Å². The second-order valence-electron chi connectivity index (χ2n) is 3.97. The molecule has 0 fully saturated rings. The van der Waals surface area contributed by atoms with Crippen molar-refractivity contribution in [3.8, 4) is 0 Å². The minimum atomic E-state index is 0.745. The van der Waals surface area contributed by atoms with Crippen molar-refractivity contribution in [3.63, 3.8) is 0 Å². The zero-order valence-electron chi connectivity index (χ0n) is 8.83. The van der Waals surface area contributed by atoms with Crippen LogP contribution in [0.2, 0.25) is 0 Å². The van der Waals surface area contributed by atoms with Crippen molar-refractivity contribution in [2.75, 3.05) is 0 Å². The number of aromatic nitrogens is 1. The van der Waals surface area contributed by atoms with Gasteiger partial charge in [0, 0.05) is 23.6 Å². The number of nitrogens with zero attached hydrogens (tertiary/aromatic N) is 1. The molecule has 2 aromatic rings. The van der Waals surface area contributed by atoms with Crippen LogP contribution >= 0.6 is 0 Å². The molecule has 1 atom stereocenters. The molecule has 1 aromatic carbocycles.